The van der Waals surface area contributed by atoms with Crippen molar-refractivity contribution < 1.29 is 23.1 Å². The Balaban J connectivity index is 1.48. The van der Waals surface area contributed by atoms with Gasteiger partial charge in [-0.3, -0.25) is 9.78 Å². The monoisotopic (exact) mass is 467 g/mol. The van der Waals surface area contributed by atoms with Crippen molar-refractivity contribution in [3.8, 4) is 0 Å². The van der Waals surface area contributed by atoms with Gasteiger partial charge in [0.2, 0.25) is 15.9 Å². The number of nitrogens with zero attached hydrogens (tertiary/aromatic N) is 1. The van der Waals surface area contributed by atoms with Crippen LogP contribution in [0.25, 0.3) is 0 Å². The van der Waals surface area contributed by atoms with Crippen LogP contribution in [0.3, 0.4) is 0 Å². The Labute approximate surface area is 187 Å². The third-order valence-corrected chi connectivity index (χ3v) is 7.12. The van der Waals surface area contributed by atoms with Crippen LogP contribution in [-0.4, -0.2) is 55.8 Å². The van der Waals surface area contributed by atoms with Crippen LogP contribution in [-0.2, 0) is 26.0 Å². The number of hydrogen-bond acceptors (Lipinski definition) is 6. The Morgan fingerprint density at radius 1 is 1.19 bits per heavy atom. The first-order chi connectivity index (χ1) is 14.9. The van der Waals surface area contributed by atoms with E-state index in [1.54, 1.807) is 36.7 Å². The third-order valence-electron chi connectivity index (χ3n) is 5.13. The van der Waals surface area contributed by atoms with E-state index in [0.717, 1.165) is 5.56 Å². The van der Waals surface area contributed by atoms with Gasteiger partial charge < -0.3 is 15.2 Å². The molecule has 1 amide bonds. The van der Waals surface area contributed by atoms with Gasteiger partial charge in [0.05, 0.1) is 36.3 Å². The second kappa shape index (κ2) is 11.0. The van der Waals surface area contributed by atoms with E-state index in [1.807, 2.05) is 0 Å². The van der Waals surface area contributed by atoms with Crippen molar-refractivity contribution in [2.45, 2.75) is 48.8 Å². The molecule has 0 unspecified atom stereocenters. The first-order valence-corrected chi connectivity index (χ1v) is 11.9. The molecule has 0 aliphatic carbocycles. The number of nitrogens with one attached hydrogen (secondary N) is 2. The topological polar surface area (TPSA) is 118 Å². The summed E-state index contributed by atoms with van der Waals surface area (Å²) in [5, 5.41) is 12.7. The van der Waals surface area contributed by atoms with E-state index in [4.69, 9.17) is 16.3 Å². The maximum Gasteiger partial charge on any atom is 0.242 e. The van der Waals surface area contributed by atoms with Gasteiger partial charge in [0.15, 0.2) is 0 Å². The molecule has 1 aromatic heterocycles. The fraction of sp³-hybridized carbons (Fsp3) is 0.429. The second-order valence-electron chi connectivity index (χ2n) is 7.39. The van der Waals surface area contributed by atoms with Crippen molar-refractivity contribution in [3.63, 3.8) is 0 Å². The van der Waals surface area contributed by atoms with Gasteiger partial charge in [-0.25, -0.2) is 13.1 Å². The molecule has 1 fully saturated rings. The predicted molar refractivity (Wildman–Crippen MR) is 116 cm³/mol. The van der Waals surface area contributed by atoms with E-state index in [9.17, 15) is 18.3 Å². The molecular weight excluding hydrogens is 442 g/mol. The van der Waals surface area contributed by atoms with Crippen LogP contribution in [0.4, 0.5) is 0 Å². The summed E-state index contributed by atoms with van der Waals surface area (Å²) in [5.41, 5.74) is 0.885. The number of pyridine rings is 1. The third kappa shape index (κ3) is 6.72. The first-order valence-electron chi connectivity index (χ1n) is 10.1. The number of benzene rings is 1. The number of aromatic nitrogens is 1. The normalized spacial score (nSPS) is 21.5. The number of carbonyl (C=O) groups is 1. The summed E-state index contributed by atoms with van der Waals surface area (Å²) in [6, 6.07) is 9.21. The van der Waals surface area contributed by atoms with Crippen LogP contribution in [0.2, 0.25) is 5.02 Å². The summed E-state index contributed by atoms with van der Waals surface area (Å²) in [6.45, 7) is 0.114. The number of rotatable bonds is 9. The molecule has 31 heavy (non-hydrogen) atoms. The minimum absolute atomic E-state index is 0.00705. The molecule has 2 heterocycles. The molecule has 168 valence electrons. The molecular formula is C21H26ClN3O5S. The van der Waals surface area contributed by atoms with Crippen LogP contribution in [0, 0.1) is 0 Å². The molecule has 0 saturated carbocycles. The van der Waals surface area contributed by atoms with Crippen LogP contribution in [0.15, 0.2) is 53.7 Å². The lowest BCUT2D eigenvalue weighted by Crippen LogP contribution is -2.51. The van der Waals surface area contributed by atoms with Crippen LogP contribution < -0.4 is 10.0 Å². The highest BCUT2D eigenvalue weighted by Gasteiger charge is 2.34. The maximum atomic E-state index is 12.7. The lowest BCUT2D eigenvalue weighted by Gasteiger charge is -2.36. The molecule has 1 aliphatic rings. The highest BCUT2D eigenvalue weighted by molar-refractivity contribution is 7.89. The van der Waals surface area contributed by atoms with Crippen LogP contribution in [0.5, 0.6) is 0 Å². The number of hydrogen-bond donors (Lipinski definition) is 3. The molecule has 0 bridgehead atoms. The summed E-state index contributed by atoms with van der Waals surface area (Å²) in [5.74, 6) is -0.0916. The number of sulfonamides is 1. The lowest BCUT2D eigenvalue weighted by atomic mass is 9.98. The largest absolute Gasteiger partial charge is 0.394 e. The van der Waals surface area contributed by atoms with Crippen LogP contribution in [0.1, 0.15) is 24.8 Å². The Morgan fingerprint density at radius 3 is 2.65 bits per heavy atom. The van der Waals surface area contributed by atoms with E-state index in [-0.39, 0.29) is 35.0 Å². The Morgan fingerprint density at radius 2 is 1.94 bits per heavy atom. The Hall–Kier alpha value is -2.04. The van der Waals surface area contributed by atoms with Gasteiger partial charge in [0.25, 0.3) is 0 Å². The molecule has 3 N–H and O–H groups in total. The molecule has 3 atom stereocenters. The molecule has 0 radical (unpaired) electrons. The zero-order valence-electron chi connectivity index (χ0n) is 16.9. The molecule has 0 spiro atoms. The van der Waals surface area contributed by atoms with Crippen molar-refractivity contribution in [1.29, 1.82) is 0 Å². The fourth-order valence-electron chi connectivity index (χ4n) is 3.53. The second-order valence-corrected chi connectivity index (χ2v) is 9.48. The fourth-order valence-corrected chi connectivity index (χ4v) is 5.34. The maximum absolute atomic E-state index is 12.7. The van der Waals surface area contributed by atoms with E-state index in [2.05, 4.69) is 15.0 Å². The van der Waals surface area contributed by atoms with E-state index < -0.39 is 22.2 Å². The summed E-state index contributed by atoms with van der Waals surface area (Å²) >= 11 is 6.02. The lowest BCUT2D eigenvalue weighted by molar-refractivity contribution is -0.121. The summed E-state index contributed by atoms with van der Waals surface area (Å²) in [4.78, 5) is 16.0. The standard InChI is InChI=1S/C21H26ClN3O5S/c22-17-3-1-2-4-20(17)31(28,29)25-18-6-5-16(30-19(18)14-26)9-12-24-21(27)13-15-7-10-23-11-8-15/h1-4,7-8,10-11,16,18-19,25-26H,5-6,9,12-14H2,(H,24,27)/t16-,18+,19-/m0/s1. The molecule has 8 nitrogen and oxygen atoms in total. The number of aliphatic hydroxyl groups is 1. The Kier molecular flexibility index (Phi) is 8.39. The predicted octanol–water partition coefficient (Wildman–Crippen LogP) is 1.67. The number of amides is 1. The van der Waals surface area contributed by atoms with E-state index >= 15 is 0 Å². The summed E-state index contributed by atoms with van der Waals surface area (Å²) in [7, 11) is -3.84. The summed E-state index contributed by atoms with van der Waals surface area (Å²) in [6.07, 6.45) is 4.38. The smallest absolute Gasteiger partial charge is 0.242 e. The van der Waals surface area contributed by atoms with Gasteiger partial charge in [-0.05, 0) is 49.1 Å². The van der Waals surface area contributed by atoms with Crippen molar-refractivity contribution >= 4 is 27.5 Å². The zero-order valence-corrected chi connectivity index (χ0v) is 18.5. The minimum atomic E-state index is -3.84. The van der Waals surface area contributed by atoms with Crippen molar-refractivity contribution in [2.75, 3.05) is 13.2 Å². The number of aliphatic hydroxyl groups excluding tert-OH is 1. The highest BCUT2D eigenvalue weighted by Crippen LogP contribution is 2.25. The van der Waals surface area contributed by atoms with Gasteiger partial charge in [0, 0.05) is 18.9 Å². The SMILES string of the molecule is O=C(Cc1ccncc1)NCC[C@@H]1CC[C@@H](NS(=O)(=O)c2ccccc2Cl)[C@H](CO)O1. The highest BCUT2D eigenvalue weighted by atomic mass is 35.5. The molecule has 1 aromatic carbocycles. The Bertz CT molecular complexity index is 974. The summed E-state index contributed by atoms with van der Waals surface area (Å²) < 4.78 is 33.8. The number of ether oxygens (including phenoxy) is 1. The molecule has 1 aliphatic heterocycles. The molecule has 1 saturated heterocycles. The van der Waals surface area contributed by atoms with Crippen LogP contribution >= 0.6 is 11.6 Å². The number of halogens is 1. The quantitative estimate of drug-likeness (QED) is 0.516. The van der Waals surface area contributed by atoms with Crippen molar-refractivity contribution in [1.82, 2.24) is 15.0 Å². The number of carbonyl (C=O) groups excluding carboxylic acids is 1. The molecule has 10 heteroatoms. The van der Waals surface area contributed by atoms with Crippen molar-refractivity contribution in [2.24, 2.45) is 0 Å². The van der Waals surface area contributed by atoms with Gasteiger partial charge in [-0.15, -0.1) is 0 Å². The first kappa shape index (κ1) is 23.6. The average Bonchev–Trinajstić information content (AvgIpc) is 2.75. The van der Waals surface area contributed by atoms with Gasteiger partial charge in [-0.1, -0.05) is 23.7 Å². The van der Waals surface area contributed by atoms with Gasteiger partial charge in [0.1, 0.15) is 4.90 Å². The zero-order chi connectivity index (χ0) is 22.3. The molecule has 3 rings (SSSR count). The average molecular weight is 468 g/mol. The molecule has 2 aromatic rings. The van der Waals surface area contributed by atoms with E-state index in [0.29, 0.717) is 25.8 Å². The van der Waals surface area contributed by atoms with E-state index in [1.165, 1.54) is 12.1 Å². The minimum Gasteiger partial charge on any atom is -0.394 e. The van der Waals surface area contributed by atoms with Gasteiger partial charge in [-0.2, -0.15) is 0 Å². The van der Waals surface area contributed by atoms with Crippen molar-refractivity contribution in [3.05, 3.63) is 59.4 Å². The van der Waals surface area contributed by atoms with Gasteiger partial charge >= 0.3 is 0 Å².